The summed E-state index contributed by atoms with van der Waals surface area (Å²) in [5.41, 5.74) is 2.42. The van der Waals surface area contributed by atoms with Crippen LogP contribution in [0.2, 0.25) is 0 Å². The van der Waals surface area contributed by atoms with Gasteiger partial charge in [-0.25, -0.2) is 0 Å². The monoisotopic (exact) mass is 281 g/mol. The third-order valence-corrected chi connectivity index (χ3v) is 4.39. The maximum Gasteiger partial charge on any atom is 0.309 e. The van der Waals surface area contributed by atoms with Gasteiger partial charge in [-0.15, -0.1) is 0 Å². The quantitative estimate of drug-likeness (QED) is 0.935. The second kappa shape index (κ2) is 5.70. The van der Waals surface area contributed by atoms with Gasteiger partial charge in [-0.05, 0) is 18.1 Å². The minimum Gasteiger partial charge on any atom is -0.481 e. The third-order valence-electron chi connectivity index (χ3n) is 4.39. The molecule has 0 unspecified atom stereocenters. The van der Waals surface area contributed by atoms with Crippen molar-refractivity contribution in [3.05, 3.63) is 71.8 Å². The number of carboxylic acid groups (broad SMARTS) is 1. The molecular weight excluding hydrogens is 262 g/mol. The van der Waals surface area contributed by atoms with Gasteiger partial charge < -0.3 is 5.11 Å². The smallest absolute Gasteiger partial charge is 0.309 e. The predicted octanol–water partition coefficient (Wildman–Crippen LogP) is 3.18. The first-order valence-electron chi connectivity index (χ1n) is 7.27. The molecule has 0 aromatic heterocycles. The number of rotatable bonds is 4. The van der Waals surface area contributed by atoms with Crippen LogP contribution >= 0.6 is 0 Å². The molecule has 3 heteroatoms. The summed E-state index contributed by atoms with van der Waals surface area (Å²) in [5, 5.41) is 9.22. The molecule has 2 atom stereocenters. The Hall–Kier alpha value is -2.13. The molecule has 1 fully saturated rings. The lowest BCUT2D eigenvalue weighted by Crippen LogP contribution is -2.58. The highest BCUT2D eigenvalue weighted by molar-refractivity contribution is 5.72. The van der Waals surface area contributed by atoms with Crippen LogP contribution < -0.4 is 0 Å². The lowest BCUT2D eigenvalue weighted by Gasteiger charge is -2.49. The van der Waals surface area contributed by atoms with Crippen molar-refractivity contribution >= 4 is 5.97 Å². The topological polar surface area (TPSA) is 40.5 Å². The first-order chi connectivity index (χ1) is 10.2. The fraction of sp³-hybridized carbons (Fsp3) is 0.278. The van der Waals surface area contributed by atoms with E-state index in [2.05, 4.69) is 29.2 Å². The second-order valence-corrected chi connectivity index (χ2v) is 5.61. The maximum atomic E-state index is 11.2. The van der Waals surface area contributed by atoms with Crippen molar-refractivity contribution in [3.8, 4) is 0 Å². The fourth-order valence-electron chi connectivity index (χ4n) is 3.11. The van der Waals surface area contributed by atoms with Crippen LogP contribution in [0.3, 0.4) is 0 Å². The zero-order chi connectivity index (χ0) is 14.8. The molecule has 0 saturated carbocycles. The number of carbonyl (C=O) groups is 1. The number of hydrogen-bond donors (Lipinski definition) is 1. The highest BCUT2D eigenvalue weighted by Crippen LogP contribution is 2.38. The van der Waals surface area contributed by atoms with E-state index in [1.807, 2.05) is 43.3 Å². The molecule has 1 saturated heterocycles. The summed E-state index contributed by atoms with van der Waals surface area (Å²) in [6.45, 7) is 2.60. The van der Waals surface area contributed by atoms with Crippen LogP contribution in [0, 0.1) is 5.92 Å². The second-order valence-electron chi connectivity index (χ2n) is 5.61. The van der Waals surface area contributed by atoms with Crippen molar-refractivity contribution in [2.75, 3.05) is 6.54 Å². The van der Waals surface area contributed by atoms with Crippen LogP contribution in [0.25, 0.3) is 0 Å². The van der Waals surface area contributed by atoms with Crippen molar-refractivity contribution in [1.82, 2.24) is 4.90 Å². The van der Waals surface area contributed by atoms with Crippen LogP contribution in [0.4, 0.5) is 0 Å². The standard InChI is InChI=1S/C18H19NO2/c1-13-16(18(20)21)12-19(13)17(14-8-4-2-5-9-14)15-10-6-3-7-11-15/h2-11,13,16-17H,12H2,1H3,(H,20,21)/t13-,16-/m1/s1. The predicted molar refractivity (Wildman–Crippen MR) is 82.0 cm³/mol. The van der Waals surface area contributed by atoms with Gasteiger partial charge in [0.2, 0.25) is 0 Å². The van der Waals surface area contributed by atoms with Crippen LogP contribution in [0.15, 0.2) is 60.7 Å². The van der Waals surface area contributed by atoms with E-state index in [4.69, 9.17) is 0 Å². The van der Waals surface area contributed by atoms with Gasteiger partial charge >= 0.3 is 5.97 Å². The Kier molecular flexibility index (Phi) is 3.76. The molecule has 2 aromatic rings. The molecule has 0 radical (unpaired) electrons. The summed E-state index contributed by atoms with van der Waals surface area (Å²) >= 11 is 0. The molecule has 21 heavy (non-hydrogen) atoms. The number of likely N-dealkylation sites (tertiary alicyclic amines) is 1. The summed E-state index contributed by atoms with van der Waals surface area (Å²) in [6.07, 6.45) is 0. The number of hydrogen-bond acceptors (Lipinski definition) is 2. The molecule has 0 bridgehead atoms. The van der Waals surface area contributed by atoms with E-state index in [0.717, 1.165) is 0 Å². The first kappa shape index (κ1) is 13.8. The van der Waals surface area contributed by atoms with Gasteiger partial charge in [-0.3, -0.25) is 9.69 Å². The first-order valence-corrected chi connectivity index (χ1v) is 7.27. The van der Waals surface area contributed by atoms with E-state index in [1.165, 1.54) is 11.1 Å². The normalized spacial score (nSPS) is 22.0. The average Bonchev–Trinajstić information content (AvgIpc) is 2.51. The molecule has 0 spiro atoms. The van der Waals surface area contributed by atoms with Crippen LogP contribution in [-0.4, -0.2) is 28.6 Å². The van der Waals surface area contributed by atoms with Gasteiger partial charge in [0, 0.05) is 12.6 Å². The number of nitrogens with zero attached hydrogens (tertiary/aromatic N) is 1. The highest BCUT2D eigenvalue weighted by Gasteiger charge is 2.44. The van der Waals surface area contributed by atoms with Crippen molar-refractivity contribution in [3.63, 3.8) is 0 Å². The lowest BCUT2D eigenvalue weighted by atomic mass is 9.84. The van der Waals surface area contributed by atoms with E-state index in [1.54, 1.807) is 0 Å². The molecule has 3 nitrogen and oxygen atoms in total. The maximum absolute atomic E-state index is 11.2. The van der Waals surface area contributed by atoms with Crippen LogP contribution in [-0.2, 0) is 4.79 Å². The molecule has 2 aromatic carbocycles. The number of benzene rings is 2. The molecular formula is C18H19NO2. The van der Waals surface area contributed by atoms with Gasteiger partial charge in [0.05, 0.1) is 12.0 Å². The van der Waals surface area contributed by atoms with Crippen molar-refractivity contribution in [2.24, 2.45) is 5.92 Å². The SMILES string of the molecule is C[C@@H]1[C@H](C(=O)O)CN1C(c1ccccc1)c1ccccc1. The molecule has 0 aliphatic carbocycles. The summed E-state index contributed by atoms with van der Waals surface area (Å²) in [4.78, 5) is 13.5. The van der Waals surface area contributed by atoms with E-state index in [9.17, 15) is 9.90 Å². The molecule has 1 N–H and O–H groups in total. The van der Waals surface area contributed by atoms with Crippen molar-refractivity contribution < 1.29 is 9.90 Å². The Morgan fingerprint density at radius 3 is 1.90 bits per heavy atom. The van der Waals surface area contributed by atoms with E-state index >= 15 is 0 Å². The molecule has 1 heterocycles. The van der Waals surface area contributed by atoms with Gasteiger partial charge in [0.1, 0.15) is 0 Å². The molecule has 3 rings (SSSR count). The van der Waals surface area contributed by atoms with Gasteiger partial charge in [0.15, 0.2) is 0 Å². The highest BCUT2D eigenvalue weighted by atomic mass is 16.4. The summed E-state index contributed by atoms with van der Waals surface area (Å²) in [5.74, 6) is -0.960. The van der Waals surface area contributed by atoms with E-state index < -0.39 is 5.97 Å². The van der Waals surface area contributed by atoms with Crippen LogP contribution in [0.5, 0.6) is 0 Å². The van der Waals surface area contributed by atoms with Crippen molar-refractivity contribution in [1.29, 1.82) is 0 Å². The Balaban J connectivity index is 1.94. The number of aliphatic carboxylic acids is 1. The summed E-state index contributed by atoms with van der Waals surface area (Å²) < 4.78 is 0. The molecule has 108 valence electrons. The average molecular weight is 281 g/mol. The van der Waals surface area contributed by atoms with Crippen LogP contribution in [0.1, 0.15) is 24.1 Å². The minimum atomic E-state index is -0.696. The number of carboxylic acids is 1. The van der Waals surface area contributed by atoms with Gasteiger partial charge in [-0.2, -0.15) is 0 Å². The molecule has 1 aliphatic rings. The molecule has 0 amide bonds. The minimum absolute atomic E-state index is 0.0490. The van der Waals surface area contributed by atoms with E-state index in [0.29, 0.717) is 6.54 Å². The third kappa shape index (κ3) is 2.57. The summed E-state index contributed by atoms with van der Waals surface area (Å²) in [6, 6.07) is 20.7. The molecule has 1 aliphatic heterocycles. The Labute approximate surface area is 124 Å². The Morgan fingerprint density at radius 1 is 1.05 bits per heavy atom. The zero-order valence-corrected chi connectivity index (χ0v) is 12.0. The van der Waals surface area contributed by atoms with Gasteiger partial charge in [0.25, 0.3) is 0 Å². The summed E-state index contributed by atoms with van der Waals surface area (Å²) in [7, 11) is 0. The Morgan fingerprint density at radius 2 is 1.52 bits per heavy atom. The van der Waals surface area contributed by atoms with Crippen molar-refractivity contribution in [2.45, 2.75) is 19.0 Å². The van der Waals surface area contributed by atoms with E-state index in [-0.39, 0.29) is 18.0 Å². The lowest BCUT2D eigenvalue weighted by molar-refractivity contribution is -0.153. The zero-order valence-electron chi connectivity index (χ0n) is 12.0. The fourth-order valence-corrected chi connectivity index (χ4v) is 3.11. The Bertz CT molecular complexity index is 572. The van der Waals surface area contributed by atoms with Gasteiger partial charge in [-0.1, -0.05) is 60.7 Å². The largest absolute Gasteiger partial charge is 0.481 e.